The van der Waals surface area contributed by atoms with E-state index in [1.807, 2.05) is 22.0 Å². The smallest absolute Gasteiger partial charge is 0.406 e. The van der Waals surface area contributed by atoms with Gasteiger partial charge in [-0.3, -0.25) is 4.79 Å². The second-order valence-corrected chi connectivity index (χ2v) is 7.47. The number of ether oxygens (including phenoxy) is 1. The number of carbonyl (C=O) groups is 1. The lowest BCUT2D eigenvalue weighted by Crippen LogP contribution is -2.38. The molecule has 0 aliphatic carbocycles. The molecular formula is C16H15F3N2O2S2. The zero-order valence-electron chi connectivity index (χ0n) is 13.1. The van der Waals surface area contributed by atoms with E-state index < -0.39 is 6.36 Å². The predicted molar refractivity (Wildman–Crippen MR) is 91.8 cm³/mol. The fourth-order valence-electron chi connectivity index (χ4n) is 2.40. The van der Waals surface area contributed by atoms with Crippen molar-refractivity contribution in [1.82, 2.24) is 9.88 Å². The summed E-state index contributed by atoms with van der Waals surface area (Å²) >= 11 is 3.20. The number of carbonyl (C=O) groups excluding carboxylic acids is 1. The molecule has 0 atom stereocenters. The number of thiazole rings is 1. The molecule has 25 heavy (non-hydrogen) atoms. The lowest BCUT2D eigenvalue weighted by molar-refractivity contribution is -0.274. The molecule has 0 bridgehead atoms. The van der Waals surface area contributed by atoms with Crippen molar-refractivity contribution < 1.29 is 22.7 Å². The minimum absolute atomic E-state index is 0.0612. The first-order valence-corrected chi connectivity index (χ1v) is 9.60. The van der Waals surface area contributed by atoms with Gasteiger partial charge in [-0.1, -0.05) is 0 Å². The van der Waals surface area contributed by atoms with Crippen LogP contribution in [0, 0.1) is 0 Å². The molecule has 3 rings (SSSR count). The van der Waals surface area contributed by atoms with E-state index >= 15 is 0 Å². The average Bonchev–Trinajstić information content (AvgIpc) is 3.03. The van der Waals surface area contributed by atoms with Crippen LogP contribution in [0.1, 0.15) is 5.69 Å². The number of thioether (sulfide) groups is 1. The summed E-state index contributed by atoms with van der Waals surface area (Å²) in [5, 5.41) is 2.47. The normalized spacial score (nSPS) is 15.2. The molecular weight excluding hydrogens is 373 g/mol. The van der Waals surface area contributed by atoms with Gasteiger partial charge in [0.25, 0.3) is 0 Å². The topological polar surface area (TPSA) is 42.4 Å². The number of benzene rings is 1. The van der Waals surface area contributed by atoms with E-state index in [0.717, 1.165) is 24.6 Å². The van der Waals surface area contributed by atoms with E-state index in [1.54, 1.807) is 0 Å². The van der Waals surface area contributed by atoms with Crippen LogP contribution in [-0.2, 0) is 11.2 Å². The Kier molecular flexibility index (Phi) is 5.53. The molecule has 1 fully saturated rings. The highest BCUT2D eigenvalue weighted by Gasteiger charge is 2.31. The van der Waals surface area contributed by atoms with Crippen LogP contribution >= 0.6 is 23.1 Å². The molecule has 4 nitrogen and oxygen atoms in total. The summed E-state index contributed by atoms with van der Waals surface area (Å²) < 4.78 is 40.4. The van der Waals surface area contributed by atoms with Crippen LogP contribution in [0.2, 0.25) is 0 Å². The van der Waals surface area contributed by atoms with Crippen molar-refractivity contribution in [1.29, 1.82) is 0 Å². The van der Waals surface area contributed by atoms with E-state index in [2.05, 4.69) is 9.72 Å². The first kappa shape index (κ1) is 18.1. The predicted octanol–water partition coefficient (Wildman–Crippen LogP) is 3.83. The maximum Gasteiger partial charge on any atom is 0.573 e. The molecule has 0 spiro atoms. The minimum Gasteiger partial charge on any atom is -0.406 e. The van der Waals surface area contributed by atoms with Crippen LogP contribution in [0.4, 0.5) is 13.2 Å². The van der Waals surface area contributed by atoms with Crippen molar-refractivity contribution in [3.63, 3.8) is 0 Å². The molecule has 1 aliphatic heterocycles. The van der Waals surface area contributed by atoms with E-state index in [4.69, 9.17) is 0 Å². The Bertz CT molecular complexity index is 726. The third kappa shape index (κ3) is 5.12. The molecule has 1 aromatic carbocycles. The van der Waals surface area contributed by atoms with Crippen molar-refractivity contribution in [2.24, 2.45) is 0 Å². The van der Waals surface area contributed by atoms with Gasteiger partial charge in [0, 0.05) is 35.5 Å². The molecule has 1 saturated heterocycles. The van der Waals surface area contributed by atoms with Crippen LogP contribution in [0.5, 0.6) is 5.75 Å². The van der Waals surface area contributed by atoms with Crippen LogP contribution in [0.15, 0.2) is 29.6 Å². The third-order valence-electron chi connectivity index (χ3n) is 3.58. The van der Waals surface area contributed by atoms with Crippen molar-refractivity contribution in [2.75, 3.05) is 24.6 Å². The highest BCUT2D eigenvalue weighted by Crippen LogP contribution is 2.28. The Hall–Kier alpha value is -1.74. The number of aromatic nitrogens is 1. The molecule has 0 radical (unpaired) electrons. The summed E-state index contributed by atoms with van der Waals surface area (Å²) in [5.74, 6) is 1.71. The molecule has 1 aliphatic rings. The Morgan fingerprint density at radius 2 is 1.88 bits per heavy atom. The molecule has 134 valence electrons. The van der Waals surface area contributed by atoms with Gasteiger partial charge < -0.3 is 9.64 Å². The number of nitrogens with zero attached hydrogens (tertiary/aromatic N) is 2. The first-order valence-electron chi connectivity index (χ1n) is 7.57. The van der Waals surface area contributed by atoms with Gasteiger partial charge >= 0.3 is 6.36 Å². The lowest BCUT2D eigenvalue weighted by Gasteiger charge is -2.26. The second kappa shape index (κ2) is 7.65. The monoisotopic (exact) mass is 388 g/mol. The fourth-order valence-corrected chi connectivity index (χ4v) is 4.13. The van der Waals surface area contributed by atoms with Gasteiger partial charge in [0.05, 0.1) is 12.1 Å². The molecule has 1 amide bonds. The third-order valence-corrected chi connectivity index (χ3v) is 5.47. The Labute approximate surface area is 151 Å². The molecule has 1 aromatic heterocycles. The van der Waals surface area contributed by atoms with Gasteiger partial charge in [-0.25, -0.2) is 4.98 Å². The van der Waals surface area contributed by atoms with Gasteiger partial charge in [-0.15, -0.1) is 24.5 Å². The summed E-state index contributed by atoms with van der Waals surface area (Å²) in [4.78, 5) is 18.5. The number of hydrogen-bond acceptors (Lipinski definition) is 5. The van der Waals surface area contributed by atoms with Gasteiger partial charge in [0.2, 0.25) is 5.91 Å². The largest absolute Gasteiger partial charge is 0.573 e. The lowest BCUT2D eigenvalue weighted by atomic mass is 10.2. The first-order chi connectivity index (χ1) is 11.9. The zero-order valence-corrected chi connectivity index (χ0v) is 14.7. The van der Waals surface area contributed by atoms with Gasteiger partial charge in [-0.05, 0) is 24.3 Å². The van der Waals surface area contributed by atoms with Crippen LogP contribution in [0.3, 0.4) is 0 Å². The maximum atomic E-state index is 12.2. The highest BCUT2D eigenvalue weighted by molar-refractivity contribution is 7.99. The summed E-state index contributed by atoms with van der Waals surface area (Å²) in [6.07, 6.45) is -4.46. The molecule has 0 saturated carbocycles. The summed E-state index contributed by atoms with van der Waals surface area (Å²) in [7, 11) is 0. The molecule has 9 heteroatoms. The Morgan fingerprint density at radius 1 is 1.20 bits per heavy atom. The average molecular weight is 388 g/mol. The van der Waals surface area contributed by atoms with Crippen molar-refractivity contribution >= 4 is 29.0 Å². The number of hydrogen-bond donors (Lipinski definition) is 0. The van der Waals surface area contributed by atoms with Crippen molar-refractivity contribution in [3.8, 4) is 16.3 Å². The van der Waals surface area contributed by atoms with Gasteiger partial charge in [0.1, 0.15) is 10.8 Å². The zero-order chi connectivity index (χ0) is 17.9. The summed E-state index contributed by atoms with van der Waals surface area (Å²) in [5.41, 5.74) is 1.37. The number of rotatable bonds is 4. The van der Waals surface area contributed by atoms with Gasteiger partial charge in [-0.2, -0.15) is 11.8 Å². The second-order valence-electron chi connectivity index (χ2n) is 5.39. The van der Waals surface area contributed by atoms with Crippen LogP contribution in [0.25, 0.3) is 10.6 Å². The molecule has 0 unspecified atom stereocenters. The number of amides is 1. The number of halogens is 3. The minimum atomic E-state index is -4.71. The van der Waals surface area contributed by atoms with Crippen LogP contribution in [-0.4, -0.2) is 46.7 Å². The fraction of sp³-hybridized carbons (Fsp3) is 0.375. The van der Waals surface area contributed by atoms with E-state index in [1.165, 1.54) is 35.6 Å². The summed E-state index contributed by atoms with van der Waals surface area (Å²) in [6.45, 7) is 1.53. The van der Waals surface area contributed by atoms with E-state index in [0.29, 0.717) is 16.3 Å². The maximum absolute atomic E-state index is 12.2. The van der Waals surface area contributed by atoms with Crippen LogP contribution < -0.4 is 4.74 Å². The summed E-state index contributed by atoms with van der Waals surface area (Å²) in [6, 6.07) is 5.54. The number of alkyl halides is 3. The van der Waals surface area contributed by atoms with Crippen molar-refractivity contribution in [3.05, 3.63) is 35.3 Å². The van der Waals surface area contributed by atoms with Gasteiger partial charge in [0.15, 0.2) is 0 Å². The van der Waals surface area contributed by atoms with E-state index in [9.17, 15) is 18.0 Å². The van der Waals surface area contributed by atoms with Crippen molar-refractivity contribution in [2.45, 2.75) is 12.8 Å². The standard InChI is InChI=1S/C16H15F3N2O2S2/c17-16(18,19)23-13-3-1-11(2-4-13)15-20-12(10-25-15)9-14(22)21-5-7-24-8-6-21/h1-4,10H,5-9H2. The molecule has 2 aromatic rings. The van der Waals surface area contributed by atoms with E-state index in [-0.39, 0.29) is 18.1 Å². The molecule has 2 heterocycles. The Morgan fingerprint density at radius 3 is 2.52 bits per heavy atom. The SMILES string of the molecule is O=C(Cc1csc(-c2ccc(OC(F)(F)F)cc2)n1)N1CCSCC1. The quantitative estimate of drug-likeness (QED) is 0.799. The molecule has 0 N–H and O–H groups in total. The Balaban J connectivity index is 1.63. The highest BCUT2D eigenvalue weighted by atomic mass is 32.2.